The predicted molar refractivity (Wildman–Crippen MR) is 76.2 cm³/mol. The number of aryl methyl sites for hydroxylation is 2. The van der Waals surface area contributed by atoms with E-state index in [2.05, 4.69) is 10.3 Å². The number of hydrogen-bond donors (Lipinski definition) is 2. The fraction of sp³-hybridized carbons (Fsp3) is 0.538. The molecule has 0 amide bonds. The van der Waals surface area contributed by atoms with Crippen LogP contribution in [0.2, 0.25) is 0 Å². The molecule has 0 aliphatic heterocycles. The topological polar surface area (TPSA) is 50.9 Å². The van der Waals surface area contributed by atoms with Crippen LogP contribution in [0.15, 0.2) is 6.07 Å². The van der Waals surface area contributed by atoms with E-state index in [0.717, 1.165) is 36.9 Å². The zero-order valence-corrected chi connectivity index (χ0v) is 12.0. The largest absolute Gasteiger partial charge is 0.389 e. The van der Waals surface area contributed by atoms with Crippen molar-refractivity contribution in [2.24, 2.45) is 5.73 Å². The Hall–Kier alpha value is -1.44. The van der Waals surface area contributed by atoms with Gasteiger partial charge >= 0.3 is 12.3 Å². The van der Waals surface area contributed by atoms with Crippen molar-refractivity contribution in [2.45, 2.75) is 38.0 Å². The molecule has 0 aromatic carbocycles. The van der Waals surface area contributed by atoms with Gasteiger partial charge in [-0.1, -0.05) is 12.2 Å². The van der Waals surface area contributed by atoms with Crippen molar-refractivity contribution in [1.82, 2.24) is 4.98 Å². The van der Waals surface area contributed by atoms with Crippen molar-refractivity contribution < 1.29 is 17.6 Å². The van der Waals surface area contributed by atoms with Gasteiger partial charge in [-0.3, -0.25) is 0 Å². The molecular weight excluding hydrogens is 306 g/mol. The minimum Gasteiger partial charge on any atom is -0.389 e. The van der Waals surface area contributed by atoms with E-state index < -0.39 is 18.9 Å². The number of thiocarbonyl (C=S) groups is 1. The first-order valence-electron chi connectivity index (χ1n) is 6.53. The van der Waals surface area contributed by atoms with Gasteiger partial charge in [-0.25, -0.2) is 13.8 Å². The number of alkyl halides is 4. The lowest BCUT2D eigenvalue weighted by molar-refractivity contribution is -0.117. The first-order valence-corrected chi connectivity index (χ1v) is 6.94. The van der Waals surface area contributed by atoms with Gasteiger partial charge in [-0.2, -0.15) is 8.78 Å². The standard InChI is InChI=1S/C13H15F4N3S/c14-12(15)13(16,17)6-19-11-8(10(18)21)5-7-3-1-2-4-9(7)20-11/h5,12H,1-4,6H2,(H2,18,21)(H,19,20). The molecule has 0 unspecified atom stereocenters. The van der Waals surface area contributed by atoms with Crippen LogP contribution in [-0.4, -0.2) is 28.9 Å². The van der Waals surface area contributed by atoms with Gasteiger partial charge < -0.3 is 11.1 Å². The molecule has 3 nitrogen and oxygen atoms in total. The Morgan fingerprint density at radius 3 is 2.67 bits per heavy atom. The Labute approximate surface area is 124 Å². The summed E-state index contributed by atoms with van der Waals surface area (Å²) >= 11 is 4.88. The summed E-state index contributed by atoms with van der Waals surface area (Å²) in [6, 6.07) is 1.71. The van der Waals surface area contributed by atoms with Crippen LogP contribution in [0, 0.1) is 0 Å². The summed E-state index contributed by atoms with van der Waals surface area (Å²) in [7, 11) is 0. The fourth-order valence-corrected chi connectivity index (χ4v) is 2.39. The van der Waals surface area contributed by atoms with Crippen LogP contribution in [0.5, 0.6) is 0 Å². The number of halogens is 4. The molecule has 1 aromatic rings. The zero-order chi connectivity index (χ0) is 15.6. The quantitative estimate of drug-likeness (QED) is 0.647. The second kappa shape index (κ2) is 6.13. The summed E-state index contributed by atoms with van der Waals surface area (Å²) < 4.78 is 50.4. The number of nitrogens with one attached hydrogen (secondary N) is 1. The summed E-state index contributed by atoms with van der Waals surface area (Å²) in [6.45, 7) is -1.22. The summed E-state index contributed by atoms with van der Waals surface area (Å²) in [5, 5.41) is 2.26. The van der Waals surface area contributed by atoms with E-state index in [1.807, 2.05) is 0 Å². The number of aromatic nitrogens is 1. The third kappa shape index (κ3) is 3.61. The Kier molecular flexibility index (Phi) is 4.65. The highest BCUT2D eigenvalue weighted by Gasteiger charge is 2.40. The van der Waals surface area contributed by atoms with Gasteiger partial charge in [0.15, 0.2) is 0 Å². The van der Waals surface area contributed by atoms with E-state index in [-0.39, 0.29) is 10.8 Å². The van der Waals surface area contributed by atoms with Gasteiger partial charge in [0.2, 0.25) is 0 Å². The highest BCUT2D eigenvalue weighted by atomic mass is 32.1. The van der Waals surface area contributed by atoms with E-state index in [9.17, 15) is 17.6 Å². The number of anilines is 1. The molecule has 0 bridgehead atoms. The molecule has 1 aromatic heterocycles. The summed E-state index contributed by atoms with van der Waals surface area (Å²) in [6.07, 6.45) is -0.213. The Bertz CT molecular complexity index is 548. The normalized spacial score (nSPS) is 14.9. The third-order valence-corrected chi connectivity index (χ3v) is 3.60. The molecule has 1 aliphatic rings. The second-order valence-electron chi connectivity index (χ2n) is 4.98. The van der Waals surface area contributed by atoms with Gasteiger partial charge in [0.25, 0.3) is 0 Å². The third-order valence-electron chi connectivity index (χ3n) is 3.38. The van der Waals surface area contributed by atoms with E-state index in [0.29, 0.717) is 5.56 Å². The van der Waals surface area contributed by atoms with Gasteiger partial charge in [0.05, 0.1) is 12.1 Å². The minimum absolute atomic E-state index is 0.00117. The van der Waals surface area contributed by atoms with Gasteiger partial charge in [-0.15, -0.1) is 0 Å². The SMILES string of the molecule is NC(=S)c1cc2c(nc1NCC(F)(F)C(F)F)CCCC2. The molecule has 0 saturated heterocycles. The highest BCUT2D eigenvalue weighted by Crippen LogP contribution is 2.27. The zero-order valence-electron chi connectivity index (χ0n) is 11.1. The average Bonchev–Trinajstić information content (AvgIpc) is 2.43. The van der Waals surface area contributed by atoms with Crippen LogP contribution in [0.25, 0.3) is 0 Å². The summed E-state index contributed by atoms with van der Waals surface area (Å²) in [4.78, 5) is 4.24. The molecule has 0 spiro atoms. The smallest absolute Gasteiger partial charge is 0.324 e. The van der Waals surface area contributed by atoms with Crippen molar-refractivity contribution in [3.8, 4) is 0 Å². The van der Waals surface area contributed by atoms with Crippen LogP contribution in [0.3, 0.4) is 0 Å². The number of fused-ring (bicyclic) bond motifs is 1. The highest BCUT2D eigenvalue weighted by molar-refractivity contribution is 7.80. The molecule has 1 heterocycles. The minimum atomic E-state index is -4.13. The van der Waals surface area contributed by atoms with Crippen molar-refractivity contribution in [1.29, 1.82) is 0 Å². The van der Waals surface area contributed by atoms with E-state index >= 15 is 0 Å². The number of nitrogens with zero attached hydrogens (tertiary/aromatic N) is 1. The molecule has 116 valence electrons. The lowest BCUT2D eigenvalue weighted by atomic mass is 9.94. The number of pyridine rings is 1. The molecule has 21 heavy (non-hydrogen) atoms. The molecular formula is C13H15F4N3S. The molecule has 0 fully saturated rings. The molecule has 0 atom stereocenters. The van der Waals surface area contributed by atoms with Gasteiger partial charge in [0.1, 0.15) is 10.8 Å². The number of hydrogen-bond acceptors (Lipinski definition) is 3. The van der Waals surface area contributed by atoms with Crippen molar-refractivity contribution in [3.63, 3.8) is 0 Å². The van der Waals surface area contributed by atoms with Gasteiger partial charge in [-0.05, 0) is 37.3 Å². The first-order chi connectivity index (χ1) is 9.81. The maximum absolute atomic E-state index is 13.0. The average molecular weight is 321 g/mol. The number of nitrogens with two attached hydrogens (primary N) is 1. The van der Waals surface area contributed by atoms with Crippen LogP contribution < -0.4 is 11.1 Å². The molecule has 1 aliphatic carbocycles. The van der Waals surface area contributed by atoms with E-state index in [1.165, 1.54) is 0 Å². The monoisotopic (exact) mass is 321 g/mol. The van der Waals surface area contributed by atoms with Crippen LogP contribution in [0.4, 0.5) is 23.4 Å². The Morgan fingerprint density at radius 2 is 2.05 bits per heavy atom. The maximum atomic E-state index is 13.0. The Balaban J connectivity index is 2.27. The van der Waals surface area contributed by atoms with Crippen LogP contribution in [0.1, 0.15) is 29.7 Å². The second-order valence-corrected chi connectivity index (χ2v) is 5.42. The van der Waals surface area contributed by atoms with E-state index in [4.69, 9.17) is 18.0 Å². The van der Waals surface area contributed by atoms with E-state index in [1.54, 1.807) is 6.07 Å². The predicted octanol–water partition coefficient (Wildman–Crippen LogP) is 2.91. The summed E-state index contributed by atoms with van der Waals surface area (Å²) in [5.41, 5.74) is 7.64. The lowest BCUT2D eigenvalue weighted by Crippen LogP contribution is -2.35. The molecule has 0 radical (unpaired) electrons. The molecule has 2 rings (SSSR count). The molecule has 3 N–H and O–H groups in total. The first kappa shape index (κ1) is 15.9. The van der Waals surface area contributed by atoms with Crippen LogP contribution in [-0.2, 0) is 12.8 Å². The van der Waals surface area contributed by atoms with Crippen molar-refractivity contribution >= 4 is 23.0 Å². The van der Waals surface area contributed by atoms with Crippen LogP contribution >= 0.6 is 12.2 Å². The molecule has 0 saturated carbocycles. The number of rotatable bonds is 5. The lowest BCUT2D eigenvalue weighted by Gasteiger charge is -2.21. The fourth-order valence-electron chi connectivity index (χ4n) is 2.23. The maximum Gasteiger partial charge on any atom is 0.324 e. The van der Waals surface area contributed by atoms with Gasteiger partial charge in [0, 0.05) is 5.69 Å². The Morgan fingerprint density at radius 1 is 1.38 bits per heavy atom. The van der Waals surface area contributed by atoms with Crippen molar-refractivity contribution in [2.75, 3.05) is 11.9 Å². The van der Waals surface area contributed by atoms with Crippen molar-refractivity contribution in [3.05, 3.63) is 22.9 Å². The molecule has 8 heteroatoms. The summed E-state index contributed by atoms with van der Waals surface area (Å²) in [5.74, 6) is -4.09.